The van der Waals surface area contributed by atoms with Gasteiger partial charge in [0.05, 0.1) is 16.6 Å². The Labute approximate surface area is 109 Å². The largest absolute Gasteiger partial charge is 0.443 e. The zero-order valence-electron chi connectivity index (χ0n) is 10.8. The van der Waals surface area contributed by atoms with E-state index in [1.807, 2.05) is 0 Å². The number of pyridine rings is 1. The quantitative estimate of drug-likeness (QED) is 0.583. The summed E-state index contributed by atoms with van der Waals surface area (Å²) in [5.41, 5.74) is -0.381. The van der Waals surface area contributed by atoms with Crippen molar-refractivity contribution in [3.63, 3.8) is 0 Å². The van der Waals surface area contributed by atoms with Gasteiger partial charge in [0.1, 0.15) is 5.60 Å². The number of fused-ring (bicyclic) bond motifs is 1. The van der Waals surface area contributed by atoms with Gasteiger partial charge in [-0.25, -0.2) is 14.3 Å². The lowest BCUT2D eigenvalue weighted by Gasteiger charge is -2.19. The highest BCUT2D eigenvalue weighted by atomic mass is 16.6. The molecule has 0 aliphatic carbocycles. The fraction of sp³-hybridized carbons (Fsp3) is 0.333. The molecule has 0 aliphatic rings. The Balaban J connectivity index is 2.55. The Hall–Kier alpha value is -2.44. The van der Waals surface area contributed by atoms with Gasteiger partial charge in [0.15, 0.2) is 5.52 Å². The summed E-state index contributed by atoms with van der Waals surface area (Å²) >= 11 is 0. The first-order chi connectivity index (χ1) is 8.79. The van der Waals surface area contributed by atoms with E-state index in [1.54, 1.807) is 32.9 Å². The zero-order chi connectivity index (χ0) is 14.2. The number of carbonyl (C=O) groups excluding carboxylic acids is 1. The van der Waals surface area contributed by atoms with E-state index in [-0.39, 0.29) is 11.2 Å². The Bertz CT molecular complexity index is 655. The standard InChI is InChI=1S/C12H13N3O4/c1-12(2,3)19-11(16)14-7-9(15(17)18)10-8(14)5-4-6-13-10/h4-7H,1-3H3. The molecule has 100 valence electrons. The maximum Gasteiger partial charge on any atom is 0.419 e. The third kappa shape index (κ3) is 2.54. The molecular formula is C12H13N3O4. The van der Waals surface area contributed by atoms with Crippen molar-refractivity contribution in [1.82, 2.24) is 9.55 Å². The smallest absolute Gasteiger partial charge is 0.419 e. The minimum Gasteiger partial charge on any atom is -0.443 e. The molecule has 7 heteroatoms. The molecule has 0 fully saturated rings. The highest BCUT2D eigenvalue weighted by Gasteiger charge is 2.25. The van der Waals surface area contributed by atoms with Crippen molar-refractivity contribution in [3.05, 3.63) is 34.6 Å². The van der Waals surface area contributed by atoms with Crippen molar-refractivity contribution in [3.8, 4) is 0 Å². The molecule has 2 rings (SSSR count). The predicted octanol–water partition coefficient (Wildman–Crippen LogP) is 2.73. The second-order valence-electron chi connectivity index (χ2n) is 4.99. The summed E-state index contributed by atoms with van der Waals surface area (Å²) in [7, 11) is 0. The summed E-state index contributed by atoms with van der Waals surface area (Å²) in [4.78, 5) is 26.3. The molecule has 0 aromatic carbocycles. The third-order valence-electron chi connectivity index (χ3n) is 2.33. The van der Waals surface area contributed by atoms with Crippen LogP contribution in [0.25, 0.3) is 11.0 Å². The molecule has 0 spiro atoms. The van der Waals surface area contributed by atoms with Crippen molar-refractivity contribution in [2.24, 2.45) is 0 Å². The fourth-order valence-electron chi connectivity index (χ4n) is 1.64. The highest BCUT2D eigenvalue weighted by Crippen LogP contribution is 2.26. The Kier molecular flexibility index (Phi) is 2.97. The van der Waals surface area contributed by atoms with E-state index >= 15 is 0 Å². The summed E-state index contributed by atoms with van der Waals surface area (Å²) in [5.74, 6) is 0. The van der Waals surface area contributed by atoms with E-state index in [0.717, 1.165) is 10.8 Å². The average molecular weight is 263 g/mol. The maximum absolute atomic E-state index is 12.0. The van der Waals surface area contributed by atoms with Crippen LogP contribution in [0.15, 0.2) is 24.5 Å². The number of rotatable bonds is 1. The lowest BCUT2D eigenvalue weighted by atomic mass is 10.2. The molecule has 19 heavy (non-hydrogen) atoms. The van der Waals surface area contributed by atoms with Crippen LogP contribution in [0.3, 0.4) is 0 Å². The highest BCUT2D eigenvalue weighted by molar-refractivity contribution is 5.93. The van der Waals surface area contributed by atoms with E-state index < -0.39 is 16.6 Å². The van der Waals surface area contributed by atoms with E-state index in [9.17, 15) is 14.9 Å². The fourth-order valence-corrected chi connectivity index (χ4v) is 1.64. The van der Waals surface area contributed by atoms with Crippen LogP contribution in [0.4, 0.5) is 10.5 Å². The van der Waals surface area contributed by atoms with E-state index in [4.69, 9.17) is 4.74 Å². The Morgan fingerprint density at radius 1 is 1.47 bits per heavy atom. The molecule has 2 heterocycles. The number of hydrogen-bond acceptors (Lipinski definition) is 5. The molecular weight excluding hydrogens is 250 g/mol. The Morgan fingerprint density at radius 3 is 2.74 bits per heavy atom. The summed E-state index contributed by atoms with van der Waals surface area (Å²) in [6.07, 6.45) is 1.90. The second kappa shape index (κ2) is 4.34. The van der Waals surface area contributed by atoms with Gasteiger partial charge >= 0.3 is 11.8 Å². The minimum atomic E-state index is -0.676. The van der Waals surface area contributed by atoms with Crippen LogP contribution in [0, 0.1) is 10.1 Å². The van der Waals surface area contributed by atoms with Gasteiger partial charge < -0.3 is 4.74 Å². The number of carbonyl (C=O) groups is 1. The van der Waals surface area contributed by atoms with Gasteiger partial charge in [-0.2, -0.15) is 0 Å². The second-order valence-corrected chi connectivity index (χ2v) is 4.99. The van der Waals surface area contributed by atoms with Crippen molar-refractivity contribution in [2.75, 3.05) is 0 Å². The molecule has 0 bridgehead atoms. The molecule has 7 nitrogen and oxygen atoms in total. The molecule has 0 saturated carbocycles. The van der Waals surface area contributed by atoms with Gasteiger partial charge in [-0.1, -0.05) is 0 Å². The van der Waals surface area contributed by atoms with Crippen molar-refractivity contribution < 1.29 is 14.5 Å². The van der Waals surface area contributed by atoms with E-state index in [1.165, 1.54) is 6.20 Å². The van der Waals surface area contributed by atoms with Crippen LogP contribution < -0.4 is 0 Å². The third-order valence-corrected chi connectivity index (χ3v) is 2.33. The molecule has 0 N–H and O–H groups in total. The minimum absolute atomic E-state index is 0.165. The van der Waals surface area contributed by atoms with Crippen LogP contribution in [-0.4, -0.2) is 26.2 Å². The SMILES string of the molecule is CC(C)(C)OC(=O)n1cc([N+](=O)[O-])c2ncccc21. The van der Waals surface area contributed by atoms with Crippen LogP contribution in [-0.2, 0) is 4.74 Å². The van der Waals surface area contributed by atoms with Crippen molar-refractivity contribution >= 4 is 22.8 Å². The van der Waals surface area contributed by atoms with Crippen molar-refractivity contribution in [2.45, 2.75) is 26.4 Å². The van der Waals surface area contributed by atoms with E-state index in [0.29, 0.717) is 5.52 Å². The van der Waals surface area contributed by atoms with Crippen LogP contribution >= 0.6 is 0 Å². The molecule has 0 unspecified atom stereocenters. The average Bonchev–Trinajstić information content (AvgIpc) is 2.66. The lowest BCUT2D eigenvalue weighted by molar-refractivity contribution is -0.383. The van der Waals surface area contributed by atoms with E-state index in [2.05, 4.69) is 4.98 Å². The normalized spacial score (nSPS) is 11.5. The molecule has 0 aliphatic heterocycles. The van der Waals surface area contributed by atoms with Gasteiger partial charge in [-0.05, 0) is 32.9 Å². The van der Waals surface area contributed by atoms with Crippen molar-refractivity contribution in [1.29, 1.82) is 0 Å². The summed E-state index contributed by atoms with van der Waals surface area (Å²) in [6, 6.07) is 3.19. The number of ether oxygens (including phenoxy) is 1. The maximum atomic E-state index is 12.0. The molecule has 2 aromatic heterocycles. The first-order valence-electron chi connectivity index (χ1n) is 5.63. The van der Waals surface area contributed by atoms with Gasteiger partial charge in [0.2, 0.25) is 0 Å². The Morgan fingerprint density at radius 2 is 2.16 bits per heavy atom. The van der Waals surface area contributed by atoms with Gasteiger partial charge in [0, 0.05) is 6.20 Å². The van der Waals surface area contributed by atoms with Gasteiger partial charge in [-0.3, -0.25) is 10.1 Å². The molecule has 0 saturated heterocycles. The molecule has 0 radical (unpaired) electrons. The number of aromatic nitrogens is 2. The number of nitrogens with zero attached hydrogens (tertiary/aromatic N) is 3. The summed E-state index contributed by atoms with van der Waals surface area (Å²) in [6.45, 7) is 5.18. The summed E-state index contributed by atoms with van der Waals surface area (Å²) in [5, 5.41) is 10.9. The van der Waals surface area contributed by atoms with Gasteiger partial charge in [-0.15, -0.1) is 0 Å². The first-order valence-corrected chi connectivity index (χ1v) is 5.63. The monoisotopic (exact) mass is 263 g/mol. The predicted molar refractivity (Wildman–Crippen MR) is 68.0 cm³/mol. The molecule has 0 atom stereocenters. The summed E-state index contributed by atoms with van der Waals surface area (Å²) < 4.78 is 6.30. The number of nitro groups is 1. The topological polar surface area (TPSA) is 87.3 Å². The van der Waals surface area contributed by atoms with Crippen LogP contribution in [0.5, 0.6) is 0 Å². The zero-order valence-corrected chi connectivity index (χ0v) is 10.8. The lowest BCUT2D eigenvalue weighted by Crippen LogP contribution is -2.26. The van der Waals surface area contributed by atoms with Gasteiger partial charge in [0.25, 0.3) is 0 Å². The van der Waals surface area contributed by atoms with Crippen LogP contribution in [0.1, 0.15) is 20.8 Å². The first kappa shape index (κ1) is 13.0. The number of hydrogen-bond donors (Lipinski definition) is 0. The van der Waals surface area contributed by atoms with Crippen LogP contribution in [0.2, 0.25) is 0 Å². The molecule has 2 aromatic rings. The molecule has 0 amide bonds.